The first-order valence-corrected chi connectivity index (χ1v) is 17.8. The number of rotatable bonds is 14. The second-order valence-corrected chi connectivity index (χ2v) is 12.7. The molecule has 2 aliphatic heterocycles. The molecule has 0 aliphatic carbocycles. The highest BCUT2D eigenvalue weighted by molar-refractivity contribution is 6.29. The molecule has 2 aromatic heterocycles. The lowest BCUT2D eigenvalue weighted by Gasteiger charge is -2.29. The van der Waals surface area contributed by atoms with Gasteiger partial charge in [0, 0.05) is 66.6 Å². The number of hydrogen-bond donors (Lipinski definition) is 5. The van der Waals surface area contributed by atoms with Crippen molar-refractivity contribution in [2.45, 2.75) is 25.4 Å². The third-order valence-electron chi connectivity index (χ3n) is 8.48. The molecular formula is C39H37ClN8O7. The van der Waals surface area contributed by atoms with Crippen LogP contribution in [0.25, 0.3) is 0 Å². The van der Waals surface area contributed by atoms with Crippen molar-refractivity contribution in [3.8, 4) is 11.8 Å². The Morgan fingerprint density at radius 1 is 0.873 bits per heavy atom. The van der Waals surface area contributed by atoms with E-state index in [1.54, 1.807) is 42.5 Å². The average Bonchev–Trinajstić information content (AvgIpc) is 3.51. The Balaban J connectivity index is 0.862. The maximum atomic E-state index is 13.2. The fourth-order valence-electron chi connectivity index (χ4n) is 5.91. The van der Waals surface area contributed by atoms with Crippen LogP contribution in [-0.2, 0) is 25.6 Å². The predicted octanol–water partition coefficient (Wildman–Crippen LogP) is 3.81. The van der Waals surface area contributed by atoms with E-state index in [1.807, 2.05) is 18.2 Å². The number of imide groups is 1. The maximum Gasteiger partial charge on any atom is 0.323 e. The normalized spacial score (nSPS) is 14.7. The Morgan fingerprint density at radius 3 is 2.40 bits per heavy atom. The molecule has 4 aromatic rings. The van der Waals surface area contributed by atoms with Gasteiger partial charge in [-0.3, -0.25) is 24.5 Å². The van der Waals surface area contributed by atoms with Crippen LogP contribution in [0.3, 0.4) is 0 Å². The molecule has 2 aliphatic rings. The van der Waals surface area contributed by atoms with Crippen molar-refractivity contribution in [1.29, 1.82) is 0 Å². The van der Waals surface area contributed by atoms with E-state index < -0.39 is 18.0 Å². The number of pyridine rings is 2. The summed E-state index contributed by atoms with van der Waals surface area (Å²) < 4.78 is 11.2. The lowest BCUT2D eigenvalue weighted by atomic mass is 10.0. The van der Waals surface area contributed by atoms with Crippen molar-refractivity contribution >= 4 is 58.3 Å². The lowest BCUT2D eigenvalue weighted by Crippen LogP contribution is -2.52. The van der Waals surface area contributed by atoms with Gasteiger partial charge in [-0.2, -0.15) is 0 Å². The van der Waals surface area contributed by atoms with E-state index in [-0.39, 0.29) is 29.3 Å². The summed E-state index contributed by atoms with van der Waals surface area (Å²) in [7, 11) is 0. The zero-order valence-corrected chi connectivity index (χ0v) is 30.3. The van der Waals surface area contributed by atoms with Crippen LogP contribution in [0.4, 0.5) is 21.9 Å². The molecule has 15 nitrogen and oxygen atoms in total. The van der Waals surface area contributed by atoms with E-state index in [0.29, 0.717) is 91.9 Å². The van der Waals surface area contributed by atoms with Gasteiger partial charge in [-0.25, -0.2) is 14.8 Å². The van der Waals surface area contributed by atoms with E-state index in [0.717, 1.165) is 5.56 Å². The van der Waals surface area contributed by atoms with Gasteiger partial charge in [0.05, 0.1) is 32.0 Å². The summed E-state index contributed by atoms with van der Waals surface area (Å²) in [5.74, 6) is 4.69. The minimum absolute atomic E-state index is 0.204. The smallest absolute Gasteiger partial charge is 0.323 e. The summed E-state index contributed by atoms with van der Waals surface area (Å²) in [4.78, 5) is 71.9. The van der Waals surface area contributed by atoms with Gasteiger partial charge in [0.15, 0.2) is 0 Å². The highest BCUT2D eigenvalue weighted by Crippen LogP contribution is 2.32. The zero-order valence-electron chi connectivity index (χ0n) is 29.5. The molecule has 4 heterocycles. The highest BCUT2D eigenvalue weighted by Gasteiger charge is 2.40. The van der Waals surface area contributed by atoms with Gasteiger partial charge in [-0.1, -0.05) is 35.7 Å². The Labute approximate surface area is 321 Å². The van der Waals surface area contributed by atoms with Gasteiger partial charge in [0.25, 0.3) is 11.8 Å². The summed E-state index contributed by atoms with van der Waals surface area (Å²) in [6.45, 7) is 2.39. The molecule has 16 heteroatoms. The molecule has 1 unspecified atom stereocenters. The molecule has 0 radical (unpaired) electrons. The number of carbonyl (C=O) groups excluding carboxylic acids is 5. The van der Waals surface area contributed by atoms with Gasteiger partial charge in [0.2, 0.25) is 11.8 Å². The van der Waals surface area contributed by atoms with Crippen LogP contribution < -0.4 is 26.6 Å². The number of ether oxygens (including phenoxy) is 2. The third-order valence-corrected chi connectivity index (χ3v) is 8.69. The molecule has 1 saturated heterocycles. The first-order chi connectivity index (χ1) is 26.7. The first kappa shape index (κ1) is 38.4. The van der Waals surface area contributed by atoms with E-state index in [4.69, 9.17) is 21.1 Å². The largest absolute Gasteiger partial charge is 0.382 e. The lowest BCUT2D eigenvalue weighted by molar-refractivity contribution is -0.136. The molecule has 6 rings (SSSR count). The zero-order chi connectivity index (χ0) is 38.6. The molecule has 0 bridgehead atoms. The fraction of sp³-hybridized carbons (Fsp3) is 0.256. The number of aromatic nitrogens is 2. The molecule has 6 amide bonds. The quantitative estimate of drug-likeness (QED) is 0.0546. The Morgan fingerprint density at radius 2 is 1.62 bits per heavy atom. The Kier molecular flexibility index (Phi) is 13.0. The van der Waals surface area contributed by atoms with Crippen LogP contribution in [0, 0.1) is 11.8 Å². The number of nitrogens with zero attached hydrogens (tertiary/aromatic N) is 3. The minimum atomic E-state index is -0.666. The standard InChI is InChI=1S/C39H37ClN8O7/c40-33-23-30(12-14-43-33)46-39(53)45-29-11-13-41-28(22-29)8-7-25-3-1-4-26(21-25)36(50)44-16-18-55-20-19-54-17-15-42-31-6-2-5-27-24-48(38(52)35(27)31)32-9-10-34(49)47-37(32)51/h1-6,11-14,21-23,32,42H,9-10,15-20,24H2,(H,44,50)(H,47,49,51)(H2,41,43,45,46,53). The number of halogens is 1. The number of anilines is 3. The molecule has 1 fully saturated rings. The Bertz CT molecular complexity index is 2150. The first-order valence-electron chi connectivity index (χ1n) is 17.5. The number of urea groups is 1. The van der Waals surface area contributed by atoms with Crippen molar-refractivity contribution in [1.82, 2.24) is 25.5 Å². The summed E-state index contributed by atoms with van der Waals surface area (Å²) in [5, 5.41) is 14.0. The number of hydrogen-bond acceptors (Lipinski definition) is 10. The topological polar surface area (TPSA) is 193 Å². The molecule has 2 aromatic carbocycles. The van der Waals surface area contributed by atoms with E-state index >= 15 is 0 Å². The van der Waals surface area contributed by atoms with Crippen LogP contribution in [0.15, 0.2) is 79.1 Å². The van der Waals surface area contributed by atoms with E-state index in [9.17, 15) is 24.0 Å². The second-order valence-electron chi connectivity index (χ2n) is 12.4. The molecule has 282 valence electrons. The summed E-state index contributed by atoms with van der Waals surface area (Å²) >= 11 is 5.87. The fourth-order valence-corrected chi connectivity index (χ4v) is 6.08. The molecule has 5 N–H and O–H groups in total. The Hall–Kier alpha value is -6.34. The molecular weight excluding hydrogens is 728 g/mol. The number of nitrogens with one attached hydrogen (secondary N) is 5. The third kappa shape index (κ3) is 10.6. The summed E-state index contributed by atoms with van der Waals surface area (Å²) in [5.41, 5.74) is 4.47. The van der Waals surface area contributed by atoms with E-state index in [2.05, 4.69) is 48.4 Å². The summed E-state index contributed by atoms with van der Waals surface area (Å²) in [6.07, 6.45) is 3.53. The van der Waals surface area contributed by atoms with Crippen molar-refractivity contribution in [2.75, 3.05) is 55.5 Å². The highest BCUT2D eigenvalue weighted by atomic mass is 35.5. The van der Waals surface area contributed by atoms with Crippen LogP contribution in [0.2, 0.25) is 5.15 Å². The monoisotopic (exact) mass is 764 g/mol. The van der Waals surface area contributed by atoms with Gasteiger partial charge >= 0.3 is 6.03 Å². The molecule has 0 saturated carbocycles. The van der Waals surface area contributed by atoms with Gasteiger partial charge in [-0.15, -0.1) is 0 Å². The molecule has 0 spiro atoms. The van der Waals surface area contributed by atoms with Gasteiger partial charge in [-0.05, 0) is 66.4 Å². The number of benzene rings is 2. The van der Waals surface area contributed by atoms with E-state index in [1.165, 1.54) is 23.4 Å². The van der Waals surface area contributed by atoms with Crippen molar-refractivity contribution < 1.29 is 33.4 Å². The van der Waals surface area contributed by atoms with Crippen LogP contribution in [0.5, 0.6) is 0 Å². The molecule has 55 heavy (non-hydrogen) atoms. The van der Waals surface area contributed by atoms with Gasteiger partial charge < -0.3 is 35.6 Å². The number of amides is 6. The predicted molar refractivity (Wildman–Crippen MR) is 203 cm³/mol. The van der Waals surface area contributed by atoms with Crippen molar-refractivity contribution in [3.63, 3.8) is 0 Å². The number of carbonyl (C=O) groups is 5. The maximum absolute atomic E-state index is 13.2. The number of piperidine rings is 1. The van der Waals surface area contributed by atoms with Crippen molar-refractivity contribution in [2.24, 2.45) is 0 Å². The molecule has 1 atom stereocenters. The van der Waals surface area contributed by atoms with Crippen molar-refractivity contribution in [3.05, 3.63) is 112 Å². The average molecular weight is 765 g/mol. The van der Waals surface area contributed by atoms with Gasteiger partial charge in [0.1, 0.15) is 16.9 Å². The van der Waals surface area contributed by atoms with Crippen LogP contribution in [0.1, 0.15) is 50.4 Å². The SMILES string of the molecule is O=C1CCC(N2Cc3cccc(NCCOCCOCCNC(=O)c4cccc(C#Cc5cc(NC(=O)Nc6ccnc(Cl)c6)ccn5)c4)c3C2=O)C(=O)N1. The minimum Gasteiger partial charge on any atom is -0.382 e. The van der Waals surface area contributed by atoms with Crippen LogP contribution in [-0.4, -0.2) is 90.1 Å². The summed E-state index contributed by atoms with van der Waals surface area (Å²) in [6, 6.07) is 17.7. The second kappa shape index (κ2) is 18.6. The number of fused-ring (bicyclic) bond motifs is 1. The van der Waals surface area contributed by atoms with Crippen LogP contribution >= 0.6 is 11.6 Å².